The van der Waals surface area contributed by atoms with E-state index in [0.717, 1.165) is 23.4 Å². The van der Waals surface area contributed by atoms with Crippen molar-refractivity contribution in [2.75, 3.05) is 6.61 Å². The quantitative estimate of drug-likeness (QED) is 0.771. The van der Waals surface area contributed by atoms with Crippen molar-refractivity contribution in [1.82, 2.24) is 0 Å². The molecule has 1 fully saturated rings. The van der Waals surface area contributed by atoms with E-state index < -0.39 is 0 Å². The largest absolute Gasteiger partial charge is 0.395 e. The average Bonchev–Trinajstić information content (AvgIpc) is 2.85. The number of halogens is 1. The molecule has 0 saturated heterocycles. The van der Waals surface area contributed by atoms with Gasteiger partial charge in [0.15, 0.2) is 0 Å². The van der Waals surface area contributed by atoms with Crippen molar-refractivity contribution in [3.63, 3.8) is 0 Å². The Labute approximate surface area is 83.3 Å². The Morgan fingerprint density at radius 3 is 2.62 bits per heavy atom. The molecule has 0 amide bonds. The first-order chi connectivity index (χ1) is 6.18. The van der Waals surface area contributed by atoms with Crippen molar-refractivity contribution in [3.8, 4) is 0 Å². The third-order valence-electron chi connectivity index (χ3n) is 2.85. The lowest BCUT2D eigenvalue weighted by Gasteiger charge is -2.14. The number of aliphatic hydroxyl groups excluding tert-OH is 1. The number of aliphatic hydroxyl groups is 1. The fraction of sp³-hybridized carbons (Fsp3) is 0.455. The van der Waals surface area contributed by atoms with E-state index in [2.05, 4.69) is 6.07 Å². The number of hydrogen-bond donors (Lipinski definition) is 1. The summed E-state index contributed by atoms with van der Waals surface area (Å²) in [5.74, 6) is 0. The molecule has 1 aromatic carbocycles. The van der Waals surface area contributed by atoms with Crippen LogP contribution in [0.25, 0.3) is 0 Å². The van der Waals surface area contributed by atoms with Crippen molar-refractivity contribution < 1.29 is 5.11 Å². The molecule has 13 heavy (non-hydrogen) atoms. The van der Waals surface area contributed by atoms with Gasteiger partial charge >= 0.3 is 0 Å². The molecule has 0 spiro atoms. The molecule has 0 heterocycles. The van der Waals surface area contributed by atoms with Crippen LogP contribution in [0, 0.1) is 6.92 Å². The van der Waals surface area contributed by atoms with Gasteiger partial charge in [-0.25, -0.2) is 0 Å². The number of aryl methyl sites for hydroxylation is 1. The maximum atomic E-state index is 9.25. The molecule has 70 valence electrons. The van der Waals surface area contributed by atoms with E-state index in [-0.39, 0.29) is 12.0 Å². The van der Waals surface area contributed by atoms with Crippen LogP contribution in [0.2, 0.25) is 5.02 Å². The van der Waals surface area contributed by atoms with Gasteiger partial charge in [0.2, 0.25) is 0 Å². The second-order valence-corrected chi connectivity index (χ2v) is 4.33. The molecule has 1 aliphatic rings. The van der Waals surface area contributed by atoms with Crippen molar-refractivity contribution in [2.24, 2.45) is 0 Å². The Morgan fingerprint density at radius 2 is 2.15 bits per heavy atom. The number of benzene rings is 1. The monoisotopic (exact) mass is 196 g/mol. The van der Waals surface area contributed by atoms with Crippen LogP contribution in [0.15, 0.2) is 18.2 Å². The minimum Gasteiger partial charge on any atom is -0.395 e. The van der Waals surface area contributed by atoms with Crippen molar-refractivity contribution in [1.29, 1.82) is 0 Å². The highest BCUT2D eigenvalue weighted by Gasteiger charge is 2.44. The van der Waals surface area contributed by atoms with Crippen LogP contribution in [0.1, 0.15) is 24.0 Å². The van der Waals surface area contributed by atoms with Crippen LogP contribution in [-0.2, 0) is 5.41 Å². The van der Waals surface area contributed by atoms with E-state index in [1.165, 1.54) is 5.56 Å². The molecule has 2 rings (SSSR count). The lowest BCUT2D eigenvalue weighted by Crippen LogP contribution is -2.12. The van der Waals surface area contributed by atoms with Crippen LogP contribution < -0.4 is 0 Å². The van der Waals surface area contributed by atoms with Gasteiger partial charge in [-0.1, -0.05) is 23.7 Å². The second-order valence-electron chi connectivity index (χ2n) is 3.92. The first-order valence-corrected chi connectivity index (χ1v) is 4.93. The summed E-state index contributed by atoms with van der Waals surface area (Å²) in [6.45, 7) is 2.24. The second kappa shape index (κ2) is 3.00. The molecule has 0 radical (unpaired) electrons. The van der Waals surface area contributed by atoms with Crippen LogP contribution >= 0.6 is 11.6 Å². The molecule has 0 aliphatic heterocycles. The van der Waals surface area contributed by atoms with E-state index in [9.17, 15) is 5.11 Å². The van der Waals surface area contributed by atoms with E-state index in [1.807, 2.05) is 19.1 Å². The summed E-state index contributed by atoms with van der Waals surface area (Å²) in [4.78, 5) is 0. The molecule has 1 aliphatic carbocycles. The van der Waals surface area contributed by atoms with Gasteiger partial charge in [-0.05, 0) is 37.0 Å². The number of rotatable bonds is 2. The molecule has 1 aromatic rings. The maximum absolute atomic E-state index is 9.25. The Kier molecular flexibility index (Phi) is 2.09. The van der Waals surface area contributed by atoms with Crippen molar-refractivity contribution >= 4 is 11.6 Å². The Hall–Kier alpha value is -0.530. The van der Waals surface area contributed by atoms with Crippen LogP contribution in [-0.4, -0.2) is 11.7 Å². The lowest BCUT2D eigenvalue weighted by molar-refractivity contribution is 0.255. The van der Waals surface area contributed by atoms with E-state index in [1.54, 1.807) is 0 Å². The lowest BCUT2D eigenvalue weighted by atomic mass is 9.96. The highest BCUT2D eigenvalue weighted by atomic mass is 35.5. The highest BCUT2D eigenvalue weighted by molar-refractivity contribution is 6.31. The third kappa shape index (κ3) is 1.47. The normalized spacial score (nSPS) is 18.7. The van der Waals surface area contributed by atoms with Gasteiger partial charge in [-0.15, -0.1) is 0 Å². The average molecular weight is 197 g/mol. The Bertz CT molecular complexity index is 329. The van der Waals surface area contributed by atoms with E-state index in [4.69, 9.17) is 11.6 Å². The zero-order valence-electron chi connectivity index (χ0n) is 7.68. The predicted octanol–water partition coefficient (Wildman–Crippen LogP) is 2.67. The molecule has 0 bridgehead atoms. The molecular formula is C11H13ClO. The SMILES string of the molecule is Cc1ccc(C2(CO)CC2)c(Cl)c1. The molecule has 1 saturated carbocycles. The first-order valence-electron chi connectivity index (χ1n) is 4.55. The molecular weight excluding hydrogens is 184 g/mol. The highest BCUT2D eigenvalue weighted by Crippen LogP contribution is 2.49. The molecule has 2 heteroatoms. The summed E-state index contributed by atoms with van der Waals surface area (Å²) >= 11 is 6.12. The Morgan fingerprint density at radius 1 is 1.46 bits per heavy atom. The summed E-state index contributed by atoms with van der Waals surface area (Å²) < 4.78 is 0. The molecule has 0 unspecified atom stereocenters. The third-order valence-corrected chi connectivity index (χ3v) is 3.16. The van der Waals surface area contributed by atoms with E-state index in [0.29, 0.717) is 0 Å². The van der Waals surface area contributed by atoms with Gasteiger partial charge in [-0.3, -0.25) is 0 Å². The summed E-state index contributed by atoms with van der Waals surface area (Å²) in [7, 11) is 0. The predicted molar refractivity (Wildman–Crippen MR) is 54.2 cm³/mol. The fourth-order valence-corrected chi connectivity index (χ4v) is 2.15. The summed E-state index contributed by atoms with van der Waals surface area (Å²) in [5, 5.41) is 10.0. The summed E-state index contributed by atoms with van der Waals surface area (Å²) in [6, 6.07) is 6.06. The smallest absolute Gasteiger partial charge is 0.0528 e. The zero-order valence-corrected chi connectivity index (χ0v) is 8.43. The maximum Gasteiger partial charge on any atom is 0.0528 e. The van der Waals surface area contributed by atoms with Crippen molar-refractivity contribution in [2.45, 2.75) is 25.2 Å². The standard InChI is InChI=1S/C11H13ClO/c1-8-2-3-9(10(12)6-8)11(7-13)4-5-11/h2-3,6,13H,4-5,7H2,1H3. The first kappa shape index (κ1) is 9.04. The summed E-state index contributed by atoms with van der Waals surface area (Å²) in [5.41, 5.74) is 2.27. The van der Waals surface area contributed by atoms with Crippen molar-refractivity contribution in [3.05, 3.63) is 34.3 Å². The molecule has 0 aromatic heterocycles. The van der Waals surface area contributed by atoms with Gasteiger partial charge in [0.25, 0.3) is 0 Å². The van der Waals surface area contributed by atoms with Crippen LogP contribution in [0.5, 0.6) is 0 Å². The zero-order chi connectivity index (χ0) is 9.47. The fourth-order valence-electron chi connectivity index (χ4n) is 1.71. The molecule has 0 atom stereocenters. The molecule has 1 nitrogen and oxygen atoms in total. The molecule has 1 N–H and O–H groups in total. The summed E-state index contributed by atoms with van der Waals surface area (Å²) in [6.07, 6.45) is 2.12. The van der Waals surface area contributed by atoms with Gasteiger partial charge in [0.1, 0.15) is 0 Å². The van der Waals surface area contributed by atoms with E-state index >= 15 is 0 Å². The van der Waals surface area contributed by atoms with Crippen LogP contribution in [0.3, 0.4) is 0 Å². The van der Waals surface area contributed by atoms with Gasteiger partial charge in [0, 0.05) is 10.4 Å². The van der Waals surface area contributed by atoms with Gasteiger partial charge in [-0.2, -0.15) is 0 Å². The van der Waals surface area contributed by atoms with Gasteiger partial charge in [0.05, 0.1) is 6.61 Å². The minimum absolute atomic E-state index is 0.00914. The number of hydrogen-bond acceptors (Lipinski definition) is 1. The van der Waals surface area contributed by atoms with Gasteiger partial charge < -0.3 is 5.11 Å². The topological polar surface area (TPSA) is 20.2 Å². The Balaban J connectivity index is 2.41. The minimum atomic E-state index is -0.00914. The van der Waals surface area contributed by atoms with Crippen LogP contribution in [0.4, 0.5) is 0 Å².